The van der Waals surface area contributed by atoms with Gasteiger partial charge in [0.25, 0.3) is 0 Å². The Labute approximate surface area is 159 Å². The summed E-state index contributed by atoms with van der Waals surface area (Å²) in [6.07, 6.45) is 1.32. The van der Waals surface area contributed by atoms with Gasteiger partial charge in [0.1, 0.15) is 0 Å². The summed E-state index contributed by atoms with van der Waals surface area (Å²) in [6.45, 7) is 0.893. The molecule has 0 unspecified atom stereocenters. The van der Waals surface area contributed by atoms with Crippen LogP contribution in [0.5, 0.6) is 0 Å². The molecule has 1 aliphatic heterocycles. The third-order valence-corrected chi connectivity index (χ3v) is 6.40. The van der Waals surface area contributed by atoms with Crippen LogP contribution in [0.25, 0.3) is 0 Å². The number of rotatable bonds is 7. The van der Waals surface area contributed by atoms with Crippen molar-refractivity contribution in [2.24, 2.45) is 0 Å². The largest absolute Gasteiger partial charge is 0.356 e. The van der Waals surface area contributed by atoms with Gasteiger partial charge in [-0.3, -0.25) is 9.10 Å². The molecule has 3 rings (SSSR count). The van der Waals surface area contributed by atoms with Crippen molar-refractivity contribution in [1.29, 1.82) is 0 Å². The molecule has 1 aliphatic rings. The maximum atomic E-state index is 12.6. The quantitative estimate of drug-likeness (QED) is 0.787. The van der Waals surface area contributed by atoms with Crippen molar-refractivity contribution >= 4 is 33.2 Å². The molecule has 0 saturated carbocycles. The Morgan fingerprint density at radius 1 is 1.15 bits per heavy atom. The van der Waals surface area contributed by atoms with Gasteiger partial charge in [-0.15, -0.1) is 0 Å². The summed E-state index contributed by atoms with van der Waals surface area (Å²) in [6, 6.07) is 14.9. The number of amides is 1. The Kier molecular flexibility index (Phi) is 5.84. The lowest BCUT2D eigenvalue weighted by molar-refractivity contribution is -0.120. The summed E-state index contributed by atoms with van der Waals surface area (Å²) in [4.78, 5) is 12.0. The molecule has 1 N–H and O–H groups in total. The first-order valence-electron chi connectivity index (χ1n) is 8.55. The molecule has 26 heavy (non-hydrogen) atoms. The summed E-state index contributed by atoms with van der Waals surface area (Å²) < 4.78 is 26.5. The SMILES string of the molecule is O=C(CCS(=O)(=O)N1CCc2ccccc21)NCCc1cccc(Cl)c1. The number of hydrogen-bond donors (Lipinski definition) is 1. The van der Waals surface area contributed by atoms with Crippen molar-refractivity contribution in [2.45, 2.75) is 19.3 Å². The molecule has 2 aromatic carbocycles. The lowest BCUT2D eigenvalue weighted by Crippen LogP contribution is -2.34. The number of carbonyl (C=O) groups excluding carboxylic acids is 1. The predicted octanol–water partition coefficient (Wildman–Crippen LogP) is 2.78. The Morgan fingerprint density at radius 3 is 2.77 bits per heavy atom. The second kappa shape index (κ2) is 8.10. The topological polar surface area (TPSA) is 66.5 Å². The summed E-state index contributed by atoms with van der Waals surface area (Å²) >= 11 is 5.93. The molecule has 7 heteroatoms. The van der Waals surface area contributed by atoms with Crippen molar-refractivity contribution in [3.05, 3.63) is 64.7 Å². The third-order valence-electron chi connectivity index (χ3n) is 4.39. The highest BCUT2D eigenvalue weighted by molar-refractivity contribution is 7.92. The number of carbonyl (C=O) groups is 1. The van der Waals surface area contributed by atoms with Gasteiger partial charge in [-0.1, -0.05) is 41.9 Å². The van der Waals surface area contributed by atoms with E-state index in [1.54, 1.807) is 6.07 Å². The molecule has 5 nitrogen and oxygen atoms in total. The van der Waals surface area contributed by atoms with E-state index < -0.39 is 10.0 Å². The molecular formula is C19H21ClN2O3S. The normalized spacial score (nSPS) is 13.5. The van der Waals surface area contributed by atoms with Crippen LogP contribution in [0.3, 0.4) is 0 Å². The zero-order valence-corrected chi connectivity index (χ0v) is 15.9. The standard InChI is InChI=1S/C19H21ClN2O3S/c20-17-6-3-4-15(14-17)8-11-21-19(23)10-13-26(24,25)22-12-9-16-5-1-2-7-18(16)22/h1-7,14H,8-13H2,(H,21,23). The molecule has 1 amide bonds. The van der Waals surface area contributed by atoms with E-state index in [1.807, 2.05) is 42.5 Å². The fourth-order valence-electron chi connectivity index (χ4n) is 3.06. The van der Waals surface area contributed by atoms with Crippen molar-refractivity contribution in [3.63, 3.8) is 0 Å². The first-order valence-corrected chi connectivity index (χ1v) is 10.5. The van der Waals surface area contributed by atoms with Crippen LogP contribution in [0.1, 0.15) is 17.5 Å². The highest BCUT2D eigenvalue weighted by atomic mass is 35.5. The van der Waals surface area contributed by atoms with E-state index in [4.69, 9.17) is 11.6 Å². The van der Waals surface area contributed by atoms with Crippen molar-refractivity contribution in [2.75, 3.05) is 23.1 Å². The first kappa shape index (κ1) is 18.7. The van der Waals surface area contributed by atoms with Gasteiger partial charge in [0.2, 0.25) is 15.9 Å². The van der Waals surface area contributed by atoms with Crippen molar-refractivity contribution in [1.82, 2.24) is 5.32 Å². The first-order chi connectivity index (χ1) is 12.5. The molecule has 0 bridgehead atoms. The number of nitrogens with one attached hydrogen (secondary N) is 1. The minimum atomic E-state index is -3.50. The minimum Gasteiger partial charge on any atom is -0.356 e. The van der Waals surface area contributed by atoms with Gasteiger partial charge in [0.05, 0.1) is 11.4 Å². The molecule has 138 valence electrons. The number of para-hydroxylation sites is 1. The van der Waals surface area contributed by atoms with Crippen LogP contribution in [-0.2, 0) is 27.7 Å². The van der Waals surface area contributed by atoms with E-state index in [2.05, 4.69) is 5.32 Å². The summed E-state index contributed by atoms with van der Waals surface area (Å²) in [5, 5.41) is 3.43. The van der Waals surface area contributed by atoms with Gasteiger partial charge in [-0.25, -0.2) is 8.42 Å². The highest BCUT2D eigenvalue weighted by Crippen LogP contribution is 2.30. The van der Waals surface area contributed by atoms with Crippen molar-refractivity contribution in [3.8, 4) is 0 Å². The molecule has 0 aliphatic carbocycles. The third kappa shape index (κ3) is 4.56. The molecule has 1 heterocycles. The zero-order chi connectivity index (χ0) is 18.6. The smallest absolute Gasteiger partial charge is 0.235 e. The monoisotopic (exact) mass is 392 g/mol. The molecule has 0 aromatic heterocycles. The fourth-order valence-corrected chi connectivity index (χ4v) is 4.78. The number of halogens is 1. The average molecular weight is 393 g/mol. The summed E-state index contributed by atoms with van der Waals surface area (Å²) in [5.74, 6) is -0.451. The van der Waals surface area contributed by atoms with Crippen molar-refractivity contribution < 1.29 is 13.2 Å². The van der Waals surface area contributed by atoms with E-state index in [0.29, 0.717) is 31.0 Å². The number of anilines is 1. The average Bonchev–Trinajstić information content (AvgIpc) is 3.05. The second-order valence-corrected chi connectivity index (χ2v) is 8.70. The molecule has 0 fully saturated rings. The molecule has 0 saturated heterocycles. The maximum absolute atomic E-state index is 12.6. The molecule has 0 spiro atoms. The maximum Gasteiger partial charge on any atom is 0.235 e. The van der Waals surface area contributed by atoms with E-state index >= 15 is 0 Å². The highest BCUT2D eigenvalue weighted by Gasteiger charge is 2.29. The van der Waals surface area contributed by atoms with Gasteiger partial charge in [-0.2, -0.15) is 0 Å². The van der Waals surface area contributed by atoms with E-state index in [0.717, 1.165) is 16.8 Å². The molecule has 0 radical (unpaired) electrons. The van der Waals surface area contributed by atoms with Crippen LogP contribution in [-0.4, -0.2) is 33.2 Å². The Morgan fingerprint density at radius 2 is 1.96 bits per heavy atom. The number of hydrogen-bond acceptors (Lipinski definition) is 3. The van der Waals surface area contributed by atoms with Gasteiger partial charge in [-0.05, 0) is 42.2 Å². The van der Waals surface area contributed by atoms with Crippen LogP contribution in [0.15, 0.2) is 48.5 Å². The molecule has 0 atom stereocenters. The number of benzene rings is 2. The fraction of sp³-hybridized carbons (Fsp3) is 0.316. The van der Waals surface area contributed by atoms with Gasteiger partial charge >= 0.3 is 0 Å². The van der Waals surface area contributed by atoms with Crippen LogP contribution in [0.4, 0.5) is 5.69 Å². The Hall–Kier alpha value is -2.05. The number of fused-ring (bicyclic) bond motifs is 1. The van der Waals surface area contributed by atoms with Gasteiger partial charge in [0, 0.05) is 24.5 Å². The number of nitrogens with zero attached hydrogens (tertiary/aromatic N) is 1. The predicted molar refractivity (Wildman–Crippen MR) is 104 cm³/mol. The van der Waals surface area contributed by atoms with Gasteiger partial charge < -0.3 is 5.32 Å². The van der Waals surface area contributed by atoms with E-state index in [1.165, 1.54) is 4.31 Å². The van der Waals surface area contributed by atoms with Crippen LogP contribution in [0.2, 0.25) is 5.02 Å². The Bertz CT molecular complexity index is 899. The van der Waals surface area contributed by atoms with E-state index in [-0.39, 0.29) is 18.1 Å². The van der Waals surface area contributed by atoms with Crippen LogP contribution < -0.4 is 9.62 Å². The summed E-state index contributed by atoms with van der Waals surface area (Å²) in [5.41, 5.74) is 2.79. The lowest BCUT2D eigenvalue weighted by atomic mass is 10.1. The molecular weight excluding hydrogens is 372 g/mol. The lowest BCUT2D eigenvalue weighted by Gasteiger charge is -2.19. The molecule has 2 aromatic rings. The van der Waals surface area contributed by atoms with Crippen LogP contribution >= 0.6 is 11.6 Å². The van der Waals surface area contributed by atoms with Crippen LogP contribution in [0, 0.1) is 0 Å². The van der Waals surface area contributed by atoms with E-state index in [9.17, 15) is 13.2 Å². The number of sulfonamides is 1. The Balaban J connectivity index is 1.48. The minimum absolute atomic E-state index is 0.0451. The second-order valence-electron chi connectivity index (χ2n) is 6.25. The van der Waals surface area contributed by atoms with Gasteiger partial charge in [0.15, 0.2) is 0 Å². The summed E-state index contributed by atoms with van der Waals surface area (Å²) in [7, 11) is -3.50. The zero-order valence-electron chi connectivity index (χ0n) is 14.3.